The van der Waals surface area contributed by atoms with E-state index in [1.807, 2.05) is 0 Å². The maximum absolute atomic E-state index is 5.55. The number of hydrogen-bond acceptors (Lipinski definition) is 1. The van der Waals surface area contributed by atoms with Gasteiger partial charge in [0, 0.05) is 5.03 Å². The molecule has 0 aliphatic rings. The third-order valence-electron chi connectivity index (χ3n) is 0.805. The van der Waals surface area contributed by atoms with Crippen molar-refractivity contribution in [3.8, 4) is 0 Å². The molecule has 0 atom stereocenters. The Bertz CT molecular complexity index is 107. The standard InChI is InChI=1S/C5H8Cl3N/c6-4(5(7)8)2-1-3-9/h1-3,9H2. The van der Waals surface area contributed by atoms with Gasteiger partial charge in [0.2, 0.25) is 0 Å². The van der Waals surface area contributed by atoms with Crippen LogP contribution in [0.2, 0.25) is 0 Å². The Morgan fingerprint density at radius 3 is 2.11 bits per heavy atom. The Labute approximate surface area is 69.8 Å². The lowest BCUT2D eigenvalue weighted by Crippen LogP contribution is -1.97. The van der Waals surface area contributed by atoms with E-state index in [1.165, 1.54) is 0 Å². The van der Waals surface area contributed by atoms with E-state index in [-0.39, 0.29) is 4.49 Å². The summed E-state index contributed by atoms with van der Waals surface area (Å²) in [5.74, 6) is 0. The summed E-state index contributed by atoms with van der Waals surface area (Å²) in [5, 5.41) is 0.490. The SMILES string of the molecule is NCCCC(Cl)=C(Cl)Cl. The zero-order chi connectivity index (χ0) is 7.28. The summed E-state index contributed by atoms with van der Waals surface area (Å²) in [6.07, 6.45) is 1.49. The lowest BCUT2D eigenvalue weighted by molar-refractivity contribution is 0.846. The Morgan fingerprint density at radius 1 is 1.22 bits per heavy atom. The van der Waals surface area contributed by atoms with Crippen molar-refractivity contribution in [3.05, 3.63) is 9.52 Å². The number of nitrogens with two attached hydrogens (primary N) is 1. The maximum atomic E-state index is 5.55. The second-order valence-electron chi connectivity index (χ2n) is 1.56. The van der Waals surface area contributed by atoms with Crippen LogP contribution < -0.4 is 5.73 Å². The van der Waals surface area contributed by atoms with E-state index in [1.54, 1.807) is 0 Å². The van der Waals surface area contributed by atoms with Crippen molar-refractivity contribution in [2.45, 2.75) is 12.8 Å². The molecule has 0 saturated heterocycles. The Balaban J connectivity index is 3.50. The second kappa shape index (κ2) is 5.36. The van der Waals surface area contributed by atoms with Crippen LogP contribution in [0.1, 0.15) is 12.8 Å². The summed E-state index contributed by atoms with van der Waals surface area (Å²) in [6.45, 7) is 0.608. The van der Waals surface area contributed by atoms with Crippen LogP contribution in [0, 0.1) is 0 Å². The fraction of sp³-hybridized carbons (Fsp3) is 0.600. The van der Waals surface area contributed by atoms with Gasteiger partial charge < -0.3 is 5.73 Å². The van der Waals surface area contributed by atoms with Crippen molar-refractivity contribution in [1.29, 1.82) is 0 Å². The quantitative estimate of drug-likeness (QED) is 0.724. The monoisotopic (exact) mass is 187 g/mol. The molecule has 0 spiro atoms. The van der Waals surface area contributed by atoms with Crippen LogP contribution in [-0.2, 0) is 0 Å². The van der Waals surface area contributed by atoms with Crippen LogP contribution in [0.5, 0.6) is 0 Å². The molecule has 0 radical (unpaired) electrons. The molecule has 0 amide bonds. The molecule has 4 heteroatoms. The highest BCUT2D eigenvalue weighted by Crippen LogP contribution is 2.21. The van der Waals surface area contributed by atoms with Gasteiger partial charge in [-0.15, -0.1) is 0 Å². The third kappa shape index (κ3) is 5.04. The summed E-state index contributed by atoms with van der Waals surface area (Å²) >= 11 is 16.2. The minimum absolute atomic E-state index is 0.144. The molecule has 54 valence electrons. The summed E-state index contributed by atoms with van der Waals surface area (Å²) in [6, 6.07) is 0. The van der Waals surface area contributed by atoms with Crippen molar-refractivity contribution >= 4 is 34.8 Å². The van der Waals surface area contributed by atoms with Gasteiger partial charge in [0.15, 0.2) is 0 Å². The van der Waals surface area contributed by atoms with Gasteiger partial charge in [0.05, 0.1) is 0 Å². The van der Waals surface area contributed by atoms with Gasteiger partial charge in [0.25, 0.3) is 0 Å². The molecule has 0 aliphatic carbocycles. The van der Waals surface area contributed by atoms with E-state index in [9.17, 15) is 0 Å². The Morgan fingerprint density at radius 2 is 1.78 bits per heavy atom. The molecule has 9 heavy (non-hydrogen) atoms. The molecule has 0 bridgehead atoms. The van der Waals surface area contributed by atoms with Crippen molar-refractivity contribution in [2.24, 2.45) is 5.73 Å². The van der Waals surface area contributed by atoms with Crippen LogP contribution in [-0.4, -0.2) is 6.54 Å². The Hall–Kier alpha value is 0.570. The Kier molecular flexibility index (Phi) is 5.70. The topological polar surface area (TPSA) is 26.0 Å². The average Bonchev–Trinajstić information content (AvgIpc) is 1.82. The maximum Gasteiger partial charge on any atom is 0.121 e. The van der Waals surface area contributed by atoms with E-state index in [0.29, 0.717) is 18.0 Å². The van der Waals surface area contributed by atoms with Crippen LogP contribution >= 0.6 is 34.8 Å². The number of rotatable bonds is 3. The molecule has 0 aromatic heterocycles. The van der Waals surface area contributed by atoms with Gasteiger partial charge in [-0.1, -0.05) is 34.8 Å². The normalized spacial score (nSPS) is 9.33. The van der Waals surface area contributed by atoms with Gasteiger partial charge in [-0.2, -0.15) is 0 Å². The van der Waals surface area contributed by atoms with Gasteiger partial charge in [-0.3, -0.25) is 0 Å². The van der Waals surface area contributed by atoms with Crippen molar-refractivity contribution < 1.29 is 0 Å². The predicted octanol–water partition coefficient (Wildman–Crippen LogP) is 2.61. The summed E-state index contributed by atoms with van der Waals surface area (Å²) in [7, 11) is 0. The largest absolute Gasteiger partial charge is 0.330 e. The summed E-state index contributed by atoms with van der Waals surface area (Å²) in [5.41, 5.74) is 5.21. The molecular weight excluding hydrogens is 180 g/mol. The van der Waals surface area contributed by atoms with Crippen LogP contribution in [0.3, 0.4) is 0 Å². The number of halogens is 3. The fourth-order valence-electron chi connectivity index (χ4n) is 0.352. The summed E-state index contributed by atoms with van der Waals surface area (Å²) in [4.78, 5) is 0. The summed E-state index contributed by atoms with van der Waals surface area (Å²) < 4.78 is 0.144. The lowest BCUT2D eigenvalue weighted by atomic mass is 10.3. The van der Waals surface area contributed by atoms with Crippen LogP contribution in [0.15, 0.2) is 9.52 Å². The van der Waals surface area contributed by atoms with Crippen molar-refractivity contribution in [3.63, 3.8) is 0 Å². The van der Waals surface area contributed by atoms with Crippen molar-refractivity contribution in [1.82, 2.24) is 0 Å². The number of allylic oxidation sites excluding steroid dienone is 1. The van der Waals surface area contributed by atoms with E-state index >= 15 is 0 Å². The molecule has 0 heterocycles. The van der Waals surface area contributed by atoms with Gasteiger partial charge >= 0.3 is 0 Å². The minimum atomic E-state index is 0.144. The van der Waals surface area contributed by atoms with E-state index in [0.717, 1.165) is 6.42 Å². The molecule has 2 N–H and O–H groups in total. The molecule has 0 rings (SSSR count). The molecule has 0 saturated carbocycles. The molecule has 0 aliphatic heterocycles. The van der Waals surface area contributed by atoms with E-state index in [4.69, 9.17) is 40.5 Å². The molecule has 0 unspecified atom stereocenters. The second-order valence-corrected chi connectivity index (χ2v) is 2.96. The first-order valence-corrected chi connectivity index (χ1v) is 3.71. The van der Waals surface area contributed by atoms with Crippen LogP contribution in [0.4, 0.5) is 0 Å². The third-order valence-corrected chi connectivity index (χ3v) is 1.83. The van der Waals surface area contributed by atoms with E-state index in [2.05, 4.69) is 0 Å². The average molecular weight is 188 g/mol. The van der Waals surface area contributed by atoms with Gasteiger partial charge in [-0.25, -0.2) is 0 Å². The predicted molar refractivity (Wildman–Crippen MR) is 42.9 cm³/mol. The first-order chi connectivity index (χ1) is 4.18. The molecular formula is C5H8Cl3N. The highest BCUT2D eigenvalue weighted by Gasteiger charge is 1.96. The first kappa shape index (κ1) is 9.57. The zero-order valence-corrected chi connectivity index (χ0v) is 7.10. The minimum Gasteiger partial charge on any atom is -0.330 e. The number of hydrogen-bond donors (Lipinski definition) is 1. The van der Waals surface area contributed by atoms with Gasteiger partial charge in [-0.05, 0) is 19.4 Å². The van der Waals surface area contributed by atoms with Crippen LogP contribution in [0.25, 0.3) is 0 Å². The smallest absolute Gasteiger partial charge is 0.121 e. The van der Waals surface area contributed by atoms with Gasteiger partial charge in [0.1, 0.15) is 4.49 Å². The zero-order valence-electron chi connectivity index (χ0n) is 4.83. The molecule has 1 nitrogen and oxygen atoms in total. The molecule has 0 aromatic carbocycles. The molecule has 0 fully saturated rings. The first-order valence-electron chi connectivity index (χ1n) is 2.58. The highest BCUT2D eigenvalue weighted by atomic mass is 35.5. The highest BCUT2D eigenvalue weighted by molar-refractivity contribution is 6.59. The van der Waals surface area contributed by atoms with E-state index < -0.39 is 0 Å². The fourth-order valence-corrected chi connectivity index (χ4v) is 0.674. The molecule has 0 aromatic rings. The lowest BCUT2D eigenvalue weighted by Gasteiger charge is -1.94. The van der Waals surface area contributed by atoms with Crippen molar-refractivity contribution in [2.75, 3.05) is 6.54 Å².